The van der Waals surface area contributed by atoms with Gasteiger partial charge in [-0.2, -0.15) is 0 Å². The zero-order valence-electron chi connectivity index (χ0n) is 9.93. The van der Waals surface area contributed by atoms with Crippen molar-refractivity contribution in [3.63, 3.8) is 0 Å². The number of rotatable bonds is 3. The van der Waals surface area contributed by atoms with Crippen molar-refractivity contribution in [2.24, 2.45) is 0 Å². The quantitative estimate of drug-likeness (QED) is 0.898. The molecule has 1 aliphatic rings. The molecule has 1 aromatic carbocycles. The lowest BCUT2D eigenvalue weighted by molar-refractivity contribution is 0.171. The third-order valence-electron chi connectivity index (χ3n) is 2.75. The number of nitrogens with one attached hydrogen (secondary N) is 1. The molecule has 0 saturated carbocycles. The maximum Gasteiger partial charge on any atom is 0.161 e. The number of ether oxygens (including phenoxy) is 2. The van der Waals surface area contributed by atoms with Crippen LogP contribution in [0.4, 0.5) is 5.82 Å². The van der Waals surface area contributed by atoms with Gasteiger partial charge in [0.15, 0.2) is 11.5 Å². The highest BCUT2D eigenvalue weighted by molar-refractivity contribution is 5.45. The maximum absolute atomic E-state index is 5.55. The predicted molar refractivity (Wildman–Crippen MR) is 69.0 cm³/mol. The van der Waals surface area contributed by atoms with Crippen LogP contribution in [0.5, 0.6) is 11.5 Å². The molecule has 3 rings (SSSR count). The Morgan fingerprint density at radius 1 is 1.06 bits per heavy atom. The van der Waals surface area contributed by atoms with Crippen LogP contribution in [0.3, 0.4) is 0 Å². The summed E-state index contributed by atoms with van der Waals surface area (Å²) in [6, 6.07) is 11.8. The first-order valence-electron chi connectivity index (χ1n) is 5.95. The Labute approximate surface area is 106 Å². The van der Waals surface area contributed by atoms with Gasteiger partial charge in [0.1, 0.15) is 19.0 Å². The lowest BCUT2D eigenvalue weighted by Gasteiger charge is -2.19. The van der Waals surface area contributed by atoms with E-state index in [-0.39, 0.29) is 0 Å². The van der Waals surface area contributed by atoms with E-state index in [1.807, 2.05) is 36.4 Å². The largest absolute Gasteiger partial charge is 0.486 e. The van der Waals surface area contributed by atoms with Gasteiger partial charge in [-0.05, 0) is 29.8 Å². The minimum absolute atomic E-state index is 0.615. The van der Waals surface area contributed by atoms with Crippen LogP contribution < -0.4 is 14.8 Å². The second-order valence-electron chi connectivity index (χ2n) is 4.05. The van der Waals surface area contributed by atoms with E-state index in [2.05, 4.69) is 10.3 Å². The van der Waals surface area contributed by atoms with Gasteiger partial charge in [0.05, 0.1) is 0 Å². The average Bonchev–Trinajstić information content (AvgIpc) is 2.46. The van der Waals surface area contributed by atoms with Crippen molar-refractivity contribution in [1.29, 1.82) is 0 Å². The van der Waals surface area contributed by atoms with Gasteiger partial charge in [-0.25, -0.2) is 4.98 Å². The fourth-order valence-electron chi connectivity index (χ4n) is 1.86. The van der Waals surface area contributed by atoms with Gasteiger partial charge in [0, 0.05) is 12.7 Å². The Hall–Kier alpha value is -2.23. The Kier molecular flexibility index (Phi) is 3.00. The highest BCUT2D eigenvalue weighted by Gasteiger charge is 2.11. The first-order valence-corrected chi connectivity index (χ1v) is 5.95. The van der Waals surface area contributed by atoms with Crippen molar-refractivity contribution in [3.05, 3.63) is 48.2 Å². The van der Waals surface area contributed by atoms with Gasteiger partial charge in [-0.1, -0.05) is 12.1 Å². The second-order valence-corrected chi connectivity index (χ2v) is 4.05. The number of hydrogen-bond acceptors (Lipinski definition) is 4. The fourth-order valence-corrected chi connectivity index (χ4v) is 1.86. The summed E-state index contributed by atoms with van der Waals surface area (Å²) in [6.07, 6.45) is 1.77. The number of aromatic nitrogens is 1. The van der Waals surface area contributed by atoms with Crippen molar-refractivity contribution < 1.29 is 9.47 Å². The molecule has 0 bridgehead atoms. The fraction of sp³-hybridized carbons (Fsp3) is 0.214. The summed E-state index contributed by atoms with van der Waals surface area (Å²) in [6.45, 7) is 1.95. The number of benzene rings is 1. The molecule has 0 unspecified atom stereocenters. The van der Waals surface area contributed by atoms with Crippen molar-refractivity contribution in [2.75, 3.05) is 18.5 Å². The smallest absolute Gasteiger partial charge is 0.161 e. The Balaban J connectivity index is 1.70. The van der Waals surface area contributed by atoms with E-state index in [0.29, 0.717) is 19.8 Å². The number of fused-ring (bicyclic) bond motifs is 1. The zero-order chi connectivity index (χ0) is 12.2. The van der Waals surface area contributed by atoms with Crippen molar-refractivity contribution in [3.8, 4) is 11.5 Å². The van der Waals surface area contributed by atoms with Gasteiger partial charge in [0.2, 0.25) is 0 Å². The molecule has 92 valence electrons. The van der Waals surface area contributed by atoms with Gasteiger partial charge in [0.25, 0.3) is 0 Å². The van der Waals surface area contributed by atoms with Gasteiger partial charge < -0.3 is 14.8 Å². The minimum Gasteiger partial charge on any atom is -0.486 e. The molecular weight excluding hydrogens is 228 g/mol. The van der Waals surface area contributed by atoms with Crippen molar-refractivity contribution >= 4 is 5.82 Å². The standard InChI is InChI=1S/C14H14N2O2/c1-2-6-15-14(3-1)16-10-11-4-5-12-13(9-11)18-8-7-17-12/h1-6,9H,7-8,10H2,(H,15,16). The summed E-state index contributed by atoms with van der Waals surface area (Å²) in [7, 11) is 0. The van der Waals surface area contributed by atoms with Crippen LogP contribution >= 0.6 is 0 Å². The summed E-state index contributed by atoms with van der Waals surface area (Å²) >= 11 is 0. The number of nitrogens with zero attached hydrogens (tertiary/aromatic N) is 1. The number of hydrogen-bond donors (Lipinski definition) is 1. The molecular formula is C14H14N2O2. The summed E-state index contributed by atoms with van der Waals surface area (Å²) in [5.41, 5.74) is 1.14. The number of pyridine rings is 1. The molecule has 1 N–H and O–H groups in total. The molecule has 18 heavy (non-hydrogen) atoms. The van der Waals surface area contributed by atoms with E-state index in [4.69, 9.17) is 9.47 Å². The molecule has 0 amide bonds. The summed E-state index contributed by atoms with van der Waals surface area (Å²) in [5, 5.41) is 3.26. The second kappa shape index (κ2) is 4.96. The third-order valence-corrected chi connectivity index (χ3v) is 2.75. The van der Waals surface area contributed by atoms with E-state index in [1.165, 1.54) is 0 Å². The average molecular weight is 242 g/mol. The first kappa shape index (κ1) is 10.9. The van der Waals surface area contributed by atoms with Crippen LogP contribution in [0.1, 0.15) is 5.56 Å². The lowest BCUT2D eigenvalue weighted by Crippen LogP contribution is -2.15. The van der Waals surface area contributed by atoms with E-state index >= 15 is 0 Å². The third kappa shape index (κ3) is 2.37. The molecule has 2 aromatic rings. The monoisotopic (exact) mass is 242 g/mol. The van der Waals surface area contributed by atoms with Crippen LogP contribution in [0.25, 0.3) is 0 Å². The van der Waals surface area contributed by atoms with E-state index in [9.17, 15) is 0 Å². The molecule has 1 aromatic heterocycles. The van der Waals surface area contributed by atoms with Gasteiger partial charge in [-0.15, -0.1) is 0 Å². The van der Waals surface area contributed by atoms with Gasteiger partial charge >= 0.3 is 0 Å². The molecule has 2 heterocycles. The molecule has 0 spiro atoms. The van der Waals surface area contributed by atoms with Crippen molar-refractivity contribution in [2.45, 2.75) is 6.54 Å². The molecule has 0 radical (unpaired) electrons. The van der Waals surface area contributed by atoms with Crippen molar-refractivity contribution in [1.82, 2.24) is 4.98 Å². The topological polar surface area (TPSA) is 43.4 Å². The van der Waals surface area contributed by atoms with Crippen LogP contribution in [0.15, 0.2) is 42.6 Å². The first-order chi connectivity index (χ1) is 8.92. The van der Waals surface area contributed by atoms with Crippen LogP contribution in [-0.4, -0.2) is 18.2 Å². The van der Waals surface area contributed by atoms with Crippen LogP contribution in [0, 0.1) is 0 Å². The Morgan fingerprint density at radius 2 is 1.94 bits per heavy atom. The van der Waals surface area contributed by atoms with Crippen LogP contribution in [-0.2, 0) is 6.54 Å². The minimum atomic E-state index is 0.615. The molecule has 0 aliphatic carbocycles. The summed E-state index contributed by atoms with van der Waals surface area (Å²) in [5.74, 6) is 2.51. The molecule has 0 saturated heterocycles. The molecule has 4 nitrogen and oxygen atoms in total. The van der Waals surface area contributed by atoms with Crippen LogP contribution in [0.2, 0.25) is 0 Å². The Morgan fingerprint density at radius 3 is 2.78 bits per heavy atom. The highest BCUT2D eigenvalue weighted by Crippen LogP contribution is 2.30. The molecule has 4 heteroatoms. The maximum atomic E-state index is 5.55. The predicted octanol–water partition coefficient (Wildman–Crippen LogP) is 2.46. The summed E-state index contributed by atoms with van der Waals surface area (Å²) < 4.78 is 11.0. The zero-order valence-corrected chi connectivity index (χ0v) is 9.93. The summed E-state index contributed by atoms with van der Waals surface area (Å²) in [4.78, 5) is 4.21. The van der Waals surface area contributed by atoms with E-state index in [0.717, 1.165) is 22.9 Å². The molecule has 0 fully saturated rings. The van der Waals surface area contributed by atoms with E-state index < -0.39 is 0 Å². The lowest BCUT2D eigenvalue weighted by atomic mass is 10.2. The number of anilines is 1. The van der Waals surface area contributed by atoms with E-state index in [1.54, 1.807) is 6.20 Å². The normalized spacial score (nSPS) is 13.1. The molecule has 0 atom stereocenters. The molecule has 1 aliphatic heterocycles. The highest BCUT2D eigenvalue weighted by atomic mass is 16.6. The van der Waals surface area contributed by atoms with Gasteiger partial charge in [-0.3, -0.25) is 0 Å². The SMILES string of the molecule is c1ccc(NCc2ccc3c(c2)OCCO3)nc1. The Bertz CT molecular complexity index is 529.